The molecular formula is C26H27N3O7. The molecule has 0 N–H and O–H groups in total. The van der Waals surface area contributed by atoms with Crippen molar-refractivity contribution in [1.29, 1.82) is 0 Å². The minimum Gasteiger partial charge on any atom is -0.493 e. The molecule has 36 heavy (non-hydrogen) atoms. The van der Waals surface area contributed by atoms with E-state index >= 15 is 0 Å². The first kappa shape index (κ1) is 23.5. The summed E-state index contributed by atoms with van der Waals surface area (Å²) in [5.74, 6) is 3.70. The van der Waals surface area contributed by atoms with Crippen molar-refractivity contribution in [3.8, 4) is 40.2 Å². The lowest BCUT2D eigenvalue weighted by Crippen LogP contribution is -2.38. The monoisotopic (exact) mass is 493 g/mol. The second-order valence-electron chi connectivity index (χ2n) is 8.43. The molecule has 3 heterocycles. The van der Waals surface area contributed by atoms with Crippen LogP contribution in [-0.2, 0) is 4.79 Å². The van der Waals surface area contributed by atoms with E-state index in [-0.39, 0.29) is 18.6 Å². The SMILES string of the molecule is COc1cc(/C=C/C(=O)N2CCCC(c3nnc(-c4ccc5c(c4)OCO5)o3)C2)cc(OC)c1OC. The van der Waals surface area contributed by atoms with Gasteiger partial charge in [-0.3, -0.25) is 4.79 Å². The molecule has 0 bridgehead atoms. The molecule has 2 aliphatic heterocycles. The minimum atomic E-state index is -0.0936. The molecule has 1 aromatic heterocycles. The standard InChI is InChI=1S/C26H27N3O7/c1-31-21-11-16(12-22(32-2)24(21)33-3)6-9-23(30)29-10-4-5-18(14-29)26-28-27-25(36-26)17-7-8-19-20(13-17)35-15-34-19/h6-9,11-13,18H,4-5,10,14-15H2,1-3H3/b9-6+. The molecule has 0 aliphatic carbocycles. The fourth-order valence-corrected chi connectivity index (χ4v) is 4.40. The van der Waals surface area contributed by atoms with Crippen LogP contribution in [0, 0.1) is 0 Å². The van der Waals surface area contributed by atoms with E-state index in [9.17, 15) is 4.79 Å². The molecule has 1 unspecified atom stereocenters. The van der Waals surface area contributed by atoms with Crippen LogP contribution in [0.2, 0.25) is 0 Å². The van der Waals surface area contributed by atoms with E-state index in [0.29, 0.717) is 53.6 Å². The van der Waals surface area contributed by atoms with Crippen molar-refractivity contribution in [3.05, 3.63) is 47.9 Å². The summed E-state index contributed by atoms with van der Waals surface area (Å²) >= 11 is 0. The largest absolute Gasteiger partial charge is 0.493 e. The van der Waals surface area contributed by atoms with Gasteiger partial charge in [0.05, 0.1) is 27.2 Å². The first-order valence-corrected chi connectivity index (χ1v) is 11.6. The molecule has 3 aromatic rings. The highest BCUT2D eigenvalue weighted by Gasteiger charge is 2.28. The van der Waals surface area contributed by atoms with E-state index in [2.05, 4.69) is 10.2 Å². The zero-order chi connectivity index (χ0) is 25.1. The molecule has 2 aliphatic rings. The number of piperidine rings is 1. The van der Waals surface area contributed by atoms with E-state index in [0.717, 1.165) is 24.0 Å². The summed E-state index contributed by atoms with van der Waals surface area (Å²) in [6, 6.07) is 9.09. The third-order valence-corrected chi connectivity index (χ3v) is 6.25. The van der Waals surface area contributed by atoms with Crippen LogP contribution in [0.15, 0.2) is 40.8 Å². The van der Waals surface area contributed by atoms with Gasteiger partial charge in [0.25, 0.3) is 0 Å². The molecule has 0 spiro atoms. The number of fused-ring (bicyclic) bond motifs is 1. The Balaban J connectivity index is 1.27. The second-order valence-corrected chi connectivity index (χ2v) is 8.43. The number of aromatic nitrogens is 2. The van der Waals surface area contributed by atoms with Crippen molar-refractivity contribution in [2.75, 3.05) is 41.2 Å². The molecule has 188 valence electrons. The van der Waals surface area contributed by atoms with Gasteiger partial charge in [0, 0.05) is 24.7 Å². The maximum atomic E-state index is 13.0. The predicted octanol–water partition coefficient (Wildman–Crippen LogP) is 3.91. The summed E-state index contributed by atoms with van der Waals surface area (Å²) < 4.78 is 32.9. The van der Waals surface area contributed by atoms with Gasteiger partial charge in [-0.1, -0.05) is 0 Å². The third-order valence-electron chi connectivity index (χ3n) is 6.25. The summed E-state index contributed by atoms with van der Waals surface area (Å²) in [7, 11) is 4.66. The molecule has 10 heteroatoms. The molecular weight excluding hydrogens is 466 g/mol. The van der Waals surface area contributed by atoms with Gasteiger partial charge in [0.2, 0.25) is 30.2 Å². The van der Waals surface area contributed by atoms with Crippen molar-refractivity contribution in [2.24, 2.45) is 0 Å². The van der Waals surface area contributed by atoms with Crippen molar-refractivity contribution in [2.45, 2.75) is 18.8 Å². The number of amides is 1. The van der Waals surface area contributed by atoms with E-state index in [4.69, 9.17) is 28.1 Å². The summed E-state index contributed by atoms with van der Waals surface area (Å²) in [6.45, 7) is 1.37. The minimum absolute atomic E-state index is 0.0347. The Kier molecular flexibility index (Phi) is 6.66. The maximum Gasteiger partial charge on any atom is 0.247 e. The smallest absolute Gasteiger partial charge is 0.247 e. The zero-order valence-electron chi connectivity index (χ0n) is 20.4. The Hall–Kier alpha value is -4.21. The van der Waals surface area contributed by atoms with E-state index in [1.807, 2.05) is 18.2 Å². The fraction of sp³-hybridized carbons (Fsp3) is 0.346. The third kappa shape index (κ3) is 4.66. The van der Waals surface area contributed by atoms with Crippen molar-refractivity contribution >= 4 is 12.0 Å². The zero-order valence-corrected chi connectivity index (χ0v) is 20.4. The number of ether oxygens (including phenoxy) is 5. The van der Waals surface area contributed by atoms with E-state index in [1.165, 1.54) is 0 Å². The topological polar surface area (TPSA) is 105 Å². The molecule has 1 atom stereocenters. The lowest BCUT2D eigenvalue weighted by molar-refractivity contribution is -0.127. The van der Waals surface area contributed by atoms with Gasteiger partial charge in [-0.15, -0.1) is 10.2 Å². The number of hydrogen-bond acceptors (Lipinski definition) is 9. The van der Waals surface area contributed by atoms with Gasteiger partial charge in [-0.05, 0) is 54.8 Å². The van der Waals surface area contributed by atoms with Crippen LogP contribution in [0.4, 0.5) is 0 Å². The number of rotatable bonds is 7. The van der Waals surface area contributed by atoms with Crippen LogP contribution in [0.3, 0.4) is 0 Å². The van der Waals surface area contributed by atoms with Crippen LogP contribution in [-0.4, -0.2) is 62.2 Å². The summed E-state index contributed by atoms with van der Waals surface area (Å²) in [4.78, 5) is 14.8. The van der Waals surface area contributed by atoms with E-state index < -0.39 is 0 Å². The Morgan fingerprint density at radius 2 is 1.81 bits per heavy atom. The molecule has 0 saturated carbocycles. The van der Waals surface area contributed by atoms with Crippen LogP contribution in [0.5, 0.6) is 28.7 Å². The first-order valence-electron chi connectivity index (χ1n) is 11.6. The number of methoxy groups -OCH3 is 3. The second kappa shape index (κ2) is 10.2. The maximum absolute atomic E-state index is 13.0. The van der Waals surface area contributed by atoms with Gasteiger partial charge >= 0.3 is 0 Å². The van der Waals surface area contributed by atoms with Gasteiger partial charge in [0.15, 0.2) is 23.0 Å². The van der Waals surface area contributed by atoms with Crippen LogP contribution < -0.4 is 23.7 Å². The Labute approximate surface area is 208 Å². The number of carbonyl (C=O) groups is 1. The van der Waals surface area contributed by atoms with Crippen LogP contribution >= 0.6 is 0 Å². The van der Waals surface area contributed by atoms with Crippen molar-refractivity contribution in [3.63, 3.8) is 0 Å². The number of likely N-dealkylation sites (tertiary alicyclic amines) is 1. The van der Waals surface area contributed by atoms with Crippen LogP contribution in [0.1, 0.15) is 30.2 Å². The van der Waals surface area contributed by atoms with Crippen molar-refractivity contribution < 1.29 is 32.9 Å². The van der Waals surface area contributed by atoms with Crippen molar-refractivity contribution in [1.82, 2.24) is 15.1 Å². The lowest BCUT2D eigenvalue weighted by atomic mass is 9.98. The molecule has 5 rings (SSSR count). The predicted molar refractivity (Wildman–Crippen MR) is 130 cm³/mol. The van der Waals surface area contributed by atoms with Gasteiger partial charge in [-0.2, -0.15) is 0 Å². The Morgan fingerprint density at radius 3 is 2.56 bits per heavy atom. The van der Waals surface area contributed by atoms with E-state index in [1.54, 1.807) is 50.5 Å². The average Bonchev–Trinajstić information content (AvgIpc) is 3.60. The Bertz CT molecular complexity index is 1260. The number of benzene rings is 2. The summed E-state index contributed by atoms with van der Waals surface area (Å²) in [6.07, 6.45) is 5.00. The van der Waals surface area contributed by atoms with Gasteiger partial charge in [0.1, 0.15) is 0 Å². The lowest BCUT2D eigenvalue weighted by Gasteiger charge is -2.30. The van der Waals surface area contributed by atoms with Gasteiger partial charge in [-0.25, -0.2) is 0 Å². The molecule has 1 fully saturated rings. The Morgan fingerprint density at radius 1 is 1.03 bits per heavy atom. The highest BCUT2D eigenvalue weighted by atomic mass is 16.7. The van der Waals surface area contributed by atoms with Gasteiger partial charge < -0.3 is 33.0 Å². The highest BCUT2D eigenvalue weighted by molar-refractivity contribution is 5.92. The molecule has 2 aromatic carbocycles. The number of carbonyl (C=O) groups excluding carboxylic acids is 1. The molecule has 10 nitrogen and oxygen atoms in total. The normalized spacial score (nSPS) is 16.9. The average molecular weight is 494 g/mol. The number of hydrogen-bond donors (Lipinski definition) is 0. The molecule has 1 saturated heterocycles. The van der Waals surface area contributed by atoms with Crippen LogP contribution in [0.25, 0.3) is 17.5 Å². The quantitative estimate of drug-likeness (QED) is 0.453. The fourth-order valence-electron chi connectivity index (χ4n) is 4.40. The summed E-state index contributed by atoms with van der Waals surface area (Å²) in [5.41, 5.74) is 1.52. The molecule has 1 amide bonds. The first-order chi connectivity index (χ1) is 17.6. The summed E-state index contributed by atoms with van der Waals surface area (Å²) in [5, 5.41) is 8.48. The molecule has 0 radical (unpaired) electrons. The highest BCUT2D eigenvalue weighted by Crippen LogP contribution is 2.39. The number of nitrogens with zero attached hydrogens (tertiary/aromatic N) is 3.